The van der Waals surface area contributed by atoms with Gasteiger partial charge >= 0.3 is 12.0 Å². The van der Waals surface area contributed by atoms with Crippen LogP contribution in [0.4, 0.5) is 4.79 Å². The van der Waals surface area contributed by atoms with Crippen molar-refractivity contribution in [3.63, 3.8) is 0 Å². The highest BCUT2D eigenvalue weighted by Crippen LogP contribution is 2.30. The molecule has 1 unspecified atom stereocenters. The molecule has 2 aliphatic rings. The van der Waals surface area contributed by atoms with Gasteiger partial charge in [-0.1, -0.05) is 0 Å². The summed E-state index contributed by atoms with van der Waals surface area (Å²) in [7, 11) is 0. The minimum atomic E-state index is -0.956. The molecule has 0 aromatic heterocycles. The zero-order chi connectivity index (χ0) is 12.4. The SMILES string of the molecule is NC1CCN(C(=O)N(CC(=O)O)CC2CC2)C1. The third kappa shape index (κ3) is 3.33. The van der Waals surface area contributed by atoms with Gasteiger partial charge in [-0.3, -0.25) is 4.79 Å². The number of carbonyl (C=O) groups excluding carboxylic acids is 1. The van der Waals surface area contributed by atoms with Gasteiger partial charge in [0.15, 0.2) is 0 Å². The molecule has 0 bridgehead atoms. The van der Waals surface area contributed by atoms with Gasteiger partial charge in [-0.2, -0.15) is 0 Å². The van der Waals surface area contributed by atoms with Crippen LogP contribution in [0.15, 0.2) is 0 Å². The maximum absolute atomic E-state index is 12.1. The molecule has 6 nitrogen and oxygen atoms in total. The van der Waals surface area contributed by atoms with Crippen molar-refractivity contribution in [2.45, 2.75) is 25.3 Å². The second kappa shape index (κ2) is 4.91. The predicted molar refractivity (Wildman–Crippen MR) is 61.5 cm³/mol. The highest BCUT2D eigenvalue weighted by Gasteiger charge is 2.32. The standard InChI is InChI=1S/C11H19N3O3/c12-9-3-4-13(6-9)11(17)14(7-10(15)16)5-8-1-2-8/h8-9H,1-7,12H2,(H,15,16). The highest BCUT2D eigenvalue weighted by atomic mass is 16.4. The molecule has 1 atom stereocenters. The van der Waals surface area contributed by atoms with E-state index in [1.165, 1.54) is 4.90 Å². The first-order valence-electron chi connectivity index (χ1n) is 6.07. The summed E-state index contributed by atoms with van der Waals surface area (Å²) in [6.45, 7) is 1.54. The minimum absolute atomic E-state index is 0.0338. The van der Waals surface area contributed by atoms with Crippen LogP contribution in [0.1, 0.15) is 19.3 Å². The molecule has 2 rings (SSSR count). The fourth-order valence-electron chi connectivity index (χ4n) is 2.15. The van der Waals surface area contributed by atoms with Crippen molar-refractivity contribution >= 4 is 12.0 Å². The molecule has 2 fully saturated rings. The third-order valence-corrected chi connectivity index (χ3v) is 3.27. The van der Waals surface area contributed by atoms with Gasteiger partial charge in [0.05, 0.1) is 0 Å². The maximum Gasteiger partial charge on any atom is 0.323 e. The van der Waals surface area contributed by atoms with Crippen LogP contribution in [0.2, 0.25) is 0 Å². The van der Waals surface area contributed by atoms with Gasteiger partial charge in [0.25, 0.3) is 0 Å². The summed E-state index contributed by atoms with van der Waals surface area (Å²) in [5, 5.41) is 8.82. The van der Waals surface area contributed by atoms with Gasteiger partial charge in [0.1, 0.15) is 6.54 Å². The largest absolute Gasteiger partial charge is 0.480 e. The Morgan fingerprint density at radius 2 is 2.06 bits per heavy atom. The second-order valence-electron chi connectivity index (χ2n) is 4.99. The van der Waals surface area contributed by atoms with Crippen molar-refractivity contribution in [3.05, 3.63) is 0 Å². The maximum atomic E-state index is 12.1. The number of urea groups is 1. The first-order chi connectivity index (χ1) is 8.06. The smallest absolute Gasteiger partial charge is 0.323 e. The number of carboxylic acids is 1. The van der Waals surface area contributed by atoms with E-state index < -0.39 is 5.97 Å². The van der Waals surface area contributed by atoms with Gasteiger partial charge in [0.2, 0.25) is 0 Å². The Bertz CT molecular complexity index is 317. The molecule has 1 saturated carbocycles. The average Bonchev–Trinajstić information content (AvgIpc) is 2.96. The van der Waals surface area contributed by atoms with E-state index in [0.717, 1.165) is 19.3 Å². The topological polar surface area (TPSA) is 86.9 Å². The summed E-state index contributed by atoms with van der Waals surface area (Å²) in [6.07, 6.45) is 3.00. The molecule has 1 saturated heterocycles. The number of carboxylic acid groups (broad SMARTS) is 1. The molecule has 3 N–H and O–H groups in total. The van der Waals surface area contributed by atoms with Crippen LogP contribution in [0.25, 0.3) is 0 Å². The van der Waals surface area contributed by atoms with E-state index in [1.54, 1.807) is 4.90 Å². The molecule has 0 spiro atoms. The lowest BCUT2D eigenvalue weighted by atomic mass is 10.3. The molecule has 0 aromatic carbocycles. The number of nitrogens with two attached hydrogens (primary N) is 1. The van der Waals surface area contributed by atoms with Gasteiger partial charge in [0, 0.05) is 25.7 Å². The van der Waals surface area contributed by atoms with Crippen molar-refractivity contribution in [1.29, 1.82) is 0 Å². The Morgan fingerprint density at radius 1 is 1.35 bits per heavy atom. The first-order valence-corrected chi connectivity index (χ1v) is 6.07. The summed E-state index contributed by atoms with van der Waals surface area (Å²) in [4.78, 5) is 26.0. The Hall–Kier alpha value is -1.30. The fraction of sp³-hybridized carbons (Fsp3) is 0.818. The minimum Gasteiger partial charge on any atom is -0.480 e. The molecule has 1 aliphatic carbocycles. The van der Waals surface area contributed by atoms with E-state index in [1.807, 2.05) is 0 Å². The van der Waals surface area contributed by atoms with Crippen molar-refractivity contribution in [3.8, 4) is 0 Å². The molecular formula is C11H19N3O3. The summed E-state index contributed by atoms with van der Waals surface area (Å²) < 4.78 is 0. The number of hydrogen-bond acceptors (Lipinski definition) is 3. The van der Waals surface area contributed by atoms with E-state index in [2.05, 4.69) is 0 Å². The molecular weight excluding hydrogens is 222 g/mol. The third-order valence-electron chi connectivity index (χ3n) is 3.27. The Labute approximate surface area is 100 Å². The Balaban J connectivity index is 1.93. The summed E-state index contributed by atoms with van der Waals surface area (Å²) in [5.41, 5.74) is 5.75. The lowest BCUT2D eigenvalue weighted by Gasteiger charge is -2.26. The Kier molecular flexibility index (Phi) is 3.51. The normalized spacial score (nSPS) is 23.8. The number of carbonyl (C=O) groups is 2. The van der Waals surface area contributed by atoms with Crippen LogP contribution in [0, 0.1) is 5.92 Å². The summed E-state index contributed by atoms with van der Waals surface area (Å²) in [6, 6.07) is -0.140. The van der Waals surface area contributed by atoms with Gasteiger partial charge < -0.3 is 20.6 Å². The summed E-state index contributed by atoms with van der Waals surface area (Å²) >= 11 is 0. The van der Waals surface area contributed by atoms with Gasteiger partial charge in [-0.15, -0.1) is 0 Å². The van der Waals surface area contributed by atoms with Crippen molar-refractivity contribution in [2.24, 2.45) is 11.7 Å². The van der Waals surface area contributed by atoms with Crippen LogP contribution in [-0.4, -0.2) is 59.1 Å². The Morgan fingerprint density at radius 3 is 2.53 bits per heavy atom. The monoisotopic (exact) mass is 241 g/mol. The molecule has 0 aromatic rings. The predicted octanol–water partition coefficient (Wildman–Crippen LogP) is -0.0640. The van der Waals surface area contributed by atoms with Gasteiger partial charge in [-0.05, 0) is 25.2 Å². The molecule has 0 radical (unpaired) electrons. The van der Waals surface area contributed by atoms with Crippen LogP contribution in [-0.2, 0) is 4.79 Å². The lowest BCUT2D eigenvalue weighted by Crippen LogP contribution is -2.46. The van der Waals surface area contributed by atoms with Crippen LogP contribution < -0.4 is 5.73 Å². The quantitative estimate of drug-likeness (QED) is 0.721. The number of likely N-dealkylation sites (tertiary alicyclic amines) is 1. The second-order valence-corrected chi connectivity index (χ2v) is 4.99. The molecule has 17 heavy (non-hydrogen) atoms. The van der Waals surface area contributed by atoms with Crippen molar-refractivity contribution in [1.82, 2.24) is 9.80 Å². The van der Waals surface area contributed by atoms with Crippen LogP contribution in [0.5, 0.6) is 0 Å². The average molecular weight is 241 g/mol. The van der Waals surface area contributed by atoms with Crippen molar-refractivity contribution < 1.29 is 14.7 Å². The highest BCUT2D eigenvalue weighted by molar-refractivity contribution is 5.80. The lowest BCUT2D eigenvalue weighted by molar-refractivity contribution is -0.137. The van der Waals surface area contributed by atoms with E-state index >= 15 is 0 Å². The number of hydrogen-bond donors (Lipinski definition) is 2. The number of amides is 2. The van der Waals surface area contributed by atoms with Crippen LogP contribution >= 0.6 is 0 Å². The molecule has 1 aliphatic heterocycles. The van der Waals surface area contributed by atoms with Gasteiger partial charge in [-0.25, -0.2) is 4.79 Å². The number of nitrogens with zero attached hydrogens (tertiary/aromatic N) is 2. The summed E-state index contributed by atoms with van der Waals surface area (Å²) in [5.74, 6) is -0.461. The molecule has 2 amide bonds. The van der Waals surface area contributed by atoms with E-state index in [9.17, 15) is 9.59 Å². The molecule has 6 heteroatoms. The van der Waals surface area contributed by atoms with E-state index in [0.29, 0.717) is 25.6 Å². The van der Waals surface area contributed by atoms with E-state index in [-0.39, 0.29) is 18.6 Å². The number of aliphatic carboxylic acids is 1. The molecule has 1 heterocycles. The fourth-order valence-corrected chi connectivity index (χ4v) is 2.15. The zero-order valence-corrected chi connectivity index (χ0v) is 9.84. The first kappa shape index (κ1) is 12.2. The van der Waals surface area contributed by atoms with Crippen LogP contribution in [0.3, 0.4) is 0 Å². The van der Waals surface area contributed by atoms with E-state index in [4.69, 9.17) is 10.8 Å². The zero-order valence-electron chi connectivity index (χ0n) is 9.84. The van der Waals surface area contributed by atoms with Crippen molar-refractivity contribution in [2.75, 3.05) is 26.2 Å². The molecule has 96 valence electrons. The number of rotatable bonds is 4.